The number of aliphatic hydroxyl groups excluding tert-OH is 1. The molecule has 25 nitrogen and oxygen atoms in total. The Hall–Kier alpha value is -7.08. The van der Waals surface area contributed by atoms with E-state index in [4.69, 9.17) is 41.0 Å². The number of likely N-dealkylation sites (N-methyl/N-ethyl adjacent to an activating group) is 1. The van der Waals surface area contributed by atoms with Crippen molar-refractivity contribution < 1.29 is 68.1 Å². The van der Waals surface area contributed by atoms with Crippen molar-refractivity contribution in [1.82, 2.24) is 39.8 Å². The van der Waals surface area contributed by atoms with Gasteiger partial charge in [0.05, 0.1) is 36.6 Å². The first-order valence-corrected chi connectivity index (χ1v) is 34.5. The molecule has 95 heavy (non-hydrogen) atoms. The molecule has 9 rings (SSSR count). The number of allylic oxidation sites excluding steroid dienone is 3. The van der Waals surface area contributed by atoms with Gasteiger partial charge in [0.1, 0.15) is 58.3 Å². The Morgan fingerprint density at radius 3 is 2.45 bits per heavy atom. The summed E-state index contributed by atoms with van der Waals surface area (Å²) in [6.07, 6.45) is 3.67. The smallest absolute Gasteiger partial charge is 0.409 e. The zero-order chi connectivity index (χ0) is 69.2. The molecule has 10 atom stereocenters. The molecule has 4 aliphatic rings. The topological polar surface area (TPSA) is 331 Å². The van der Waals surface area contributed by atoms with Gasteiger partial charge < -0.3 is 64.2 Å². The number of hydrogen-bond acceptors (Lipinski definition) is 20. The minimum absolute atomic E-state index is 0.00713. The summed E-state index contributed by atoms with van der Waals surface area (Å²) in [5, 5.41) is 58.1. The molecule has 3 fully saturated rings. The summed E-state index contributed by atoms with van der Waals surface area (Å²) in [6.45, 7) is 16.3. The molecular weight excluding hydrogens is 1280 g/mol. The molecule has 5 aromatic rings. The van der Waals surface area contributed by atoms with Crippen molar-refractivity contribution in [1.29, 1.82) is 0 Å². The average molecular weight is 1370 g/mol. The highest BCUT2D eigenvalue weighted by atomic mass is 35.5. The normalized spacial score (nSPS) is 25.0. The highest BCUT2D eigenvalue weighted by molar-refractivity contribution is 8.77. The van der Waals surface area contributed by atoms with E-state index in [1.54, 1.807) is 51.2 Å². The molecule has 516 valence electrons. The van der Waals surface area contributed by atoms with Crippen molar-refractivity contribution in [2.24, 2.45) is 17.6 Å². The van der Waals surface area contributed by atoms with Crippen molar-refractivity contribution >= 4 is 79.6 Å². The molecule has 3 saturated heterocycles. The maximum absolute atomic E-state index is 14.5. The van der Waals surface area contributed by atoms with Crippen molar-refractivity contribution in [2.75, 3.05) is 52.1 Å². The van der Waals surface area contributed by atoms with E-state index in [1.165, 1.54) is 70.2 Å². The number of likely N-dealkylation sites (tertiary alicyclic amines) is 1. The predicted molar refractivity (Wildman–Crippen MR) is 363 cm³/mol. The first-order valence-electron chi connectivity index (χ1n) is 31.8. The number of hydrogen-bond donors (Lipinski definition) is 8. The number of nitrogens with one attached hydrogen (secondary N) is 3. The number of phenols is 2. The Morgan fingerprint density at radius 1 is 1.04 bits per heavy atom. The molecule has 3 aromatic carbocycles. The summed E-state index contributed by atoms with van der Waals surface area (Å²) in [6, 6.07) is 12.0. The summed E-state index contributed by atoms with van der Waals surface area (Å²) in [5.74, 6) is -2.07. The van der Waals surface area contributed by atoms with E-state index in [-0.39, 0.29) is 59.2 Å². The van der Waals surface area contributed by atoms with Gasteiger partial charge in [-0.2, -0.15) is 5.10 Å². The van der Waals surface area contributed by atoms with E-state index in [2.05, 4.69) is 25.4 Å². The highest BCUT2D eigenvalue weighted by Crippen LogP contribution is 2.50. The number of methoxy groups -OCH3 is 2. The largest absolute Gasteiger partial charge is 0.508 e. The number of aromatic nitrogens is 4. The van der Waals surface area contributed by atoms with Crippen LogP contribution in [-0.2, 0) is 51.1 Å². The van der Waals surface area contributed by atoms with Crippen molar-refractivity contribution in [3.63, 3.8) is 0 Å². The summed E-state index contributed by atoms with van der Waals surface area (Å²) in [5.41, 5.74) is 6.76. The summed E-state index contributed by atoms with van der Waals surface area (Å²) >= 11 is 6.87. The van der Waals surface area contributed by atoms with Crippen LogP contribution in [0.5, 0.6) is 17.2 Å². The number of H-pyrrole nitrogens is 1. The van der Waals surface area contributed by atoms with E-state index in [0.29, 0.717) is 53.7 Å². The van der Waals surface area contributed by atoms with E-state index in [1.807, 2.05) is 76.1 Å². The summed E-state index contributed by atoms with van der Waals surface area (Å²) < 4.78 is 32.4. The number of primary amides is 1. The Balaban J connectivity index is 0.774. The number of aryl methyl sites for hydroxylation is 1. The van der Waals surface area contributed by atoms with Crippen LogP contribution in [0, 0.1) is 11.8 Å². The molecule has 0 saturated carbocycles. The van der Waals surface area contributed by atoms with E-state index < -0.39 is 94.4 Å². The first-order chi connectivity index (χ1) is 44.9. The van der Waals surface area contributed by atoms with Crippen LogP contribution >= 0.6 is 33.2 Å². The number of halogens is 1. The second kappa shape index (κ2) is 29.7. The van der Waals surface area contributed by atoms with Crippen molar-refractivity contribution in [2.45, 2.75) is 172 Å². The number of epoxide rings is 1. The standard InChI is InChI=1S/C67H89ClN10O15S2/c1-36(2)44-32-45(49(80)33-48(44)79)60-72-73-63(86)78(60)43-16-17-46-42(31-43)21-26-76(46)23-18-40-19-24-77(25-20-40)62(85)70-57(59(69)83)65(6,7)95-94-27-22-54(81)74(9)39(5)61(84)92-53-34-55(82)75(10)47-29-41(30-50(89-11)56(47)68)28-37(3)14-13-15-52(90-12)67(88)35-51(91-64(87)71-67)38(4)58-66(53,8)93-58/h13-17,21,26,29-33,36,38-40,51-53,57-58,62,70,79-80,85,88H,18-20,22-25,27-28,34-35H2,1-12H3,(H2,69,83)(H,71,87)(H,73,86)/b15-13+,37-14+/t38-,39+,51+,52-,53+,57-,58+,62?,66+,67+/m1/s1. The van der Waals surface area contributed by atoms with Gasteiger partial charge in [-0.15, -0.1) is 0 Å². The van der Waals surface area contributed by atoms with Gasteiger partial charge in [0, 0.05) is 93.3 Å². The molecule has 4 bridgehead atoms. The molecule has 9 N–H and O–H groups in total. The number of benzene rings is 3. The third-order valence-electron chi connectivity index (χ3n) is 19.0. The number of anilines is 1. The second-order valence-corrected chi connectivity index (χ2v) is 29.8. The van der Waals surface area contributed by atoms with Crippen LogP contribution < -0.4 is 31.7 Å². The van der Waals surface area contributed by atoms with Crippen LogP contribution in [0.3, 0.4) is 0 Å². The van der Waals surface area contributed by atoms with E-state index in [0.717, 1.165) is 47.8 Å². The van der Waals surface area contributed by atoms with Gasteiger partial charge in [-0.05, 0) is 126 Å². The number of aromatic hydroxyl groups is 2. The molecule has 4 amide bonds. The number of nitrogens with zero attached hydrogens (tertiary/aromatic N) is 6. The number of fused-ring (bicyclic) bond motifs is 6. The Bertz CT molecular complexity index is 3790. The zero-order valence-corrected chi connectivity index (χ0v) is 58.1. The Labute approximate surface area is 565 Å². The third-order valence-corrected chi connectivity index (χ3v) is 22.6. The van der Waals surface area contributed by atoms with Gasteiger partial charge in [0.2, 0.25) is 17.7 Å². The number of esters is 1. The van der Waals surface area contributed by atoms with Crippen LogP contribution in [0.25, 0.3) is 28.0 Å². The van der Waals surface area contributed by atoms with Crippen LogP contribution in [0.15, 0.2) is 83.3 Å². The Kier molecular flexibility index (Phi) is 22.6. The molecule has 0 aliphatic carbocycles. The maximum Gasteiger partial charge on any atom is 0.409 e. The lowest BCUT2D eigenvalue weighted by Gasteiger charge is -2.42. The number of phenolic OH excluding ortho intramolecular Hbond substituents is 2. The molecule has 28 heteroatoms. The number of aliphatic hydroxyl groups is 2. The highest BCUT2D eigenvalue weighted by Gasteiger charge is 2.64. The van der Waals surface area contributed by atoms with Crippen LogP contribution in [-0.4, -0.2) is 185 Å². The van der Waals surface area contributed by atoms with Crippen molar-refractivity contribution in [3.8, 4) is 34.3 Å². The second-order valence-electron chi connectivity index (χ2n) is 26.3. The maximum atomic E-state index is 14.5. The molecule has 6 heterocycles. The number of piperidine rings is 1. The van der Waals surface area contributed by atoms with E-state index >= 15 is 0 Å². The molecule has 0 radical (unpaired) electrons. The SMILES string of the molecule is COc1cc2cc(c1Cl)N(C)C(=O)C[C@H](OC(=O)[C@H](C)N(C)C(=O)CCSSC(C)(C)[C@H](NC(O)N1CCC(CCn3ccc4cc(-n5c(-c6cc(C(C)C)c(O)cc6O)n[nH]c5=O)ccc43)CC1)C(N)=O)[C@]1(C)O[C@H]1[C@H](C)[C@@H]1C[C@@](O)(NC(=O)O1)[C@H](OC)/C=C/C=C(\C)C2. The molecule has 0 spiro atoms. The quantitative estimate of drug-likeness (QED) is 0.0115. The van der Waals surface area contributed by atoms with Crippen LogP contribution in [0.4, 0.5) is 10.5 Å². The monoisotopic (exact) mass is 1370 g/mol. The molecule has 1 unspecified atom stereocenters. The average Bonchev–Trinajstić information content (AvgIpc) is 1.58. The molecule has 4 aliphatic heterocycles. The number of alkyl carbamates (subject to hydrolysis) is 1. The predicted octanol–water partition coefficient (Wildman–Crippen LogP) is 7.62. The van der Waals surface area contributed by atoms with Crippen LogP contribution in [0.1, 0.15) is 111 Å². The lowest BCUT2D eigenvalue weighted by Crippen LogP contribution is -2.63. The number of aromatic amines is 1. The van der Waals surface area contributed by atoms with Gasteiger partial charge >= 0.3 is 17.8 Å². The lowest BCUT2D eigenvalue weighted by molar-refractivity contribution is -0.162. The summed E-state index contributed by atoms with van der Waals surface area (Å²) in [4.78, 5) is 86.5. The van der Waals surface area contributed by atoms with Gasteiger partial charge in [-0.1, -0.05) is 77.8 Å². The molecular formula is C67H89ClN10O15S2. The minimum atomic E-state index is -1.89. The van der Waals surface area contributed by atoms with Gasteiger partial charge in [0.15, 0.2) is 17.9 Å². The fourth-order valence-electron chi connectivity index (χ4n) is 12.9. The lowest BCUT2D eigenvalue weighted by atomic mass is 9.83. The number of carbonyl (C=O) groups is 5. The molecule has 2 aromatic heterocycles. The Morgan fingerprint density at radius 2 is 1.77 bits per heavy atom. The van der Waals surface area contributed by atoms with Gasteiger partial charge in [0.25, 0.3) is 0 Å². The minimum Gasteiger partial charge on any atom is -0.508 e. The third kappa shape index (κ3) is 16.0. The number of rotatable bonds is 21. The van der Waals surface area contributed by atoms with Gasteiger partial charge in [-0.25, -0.2) is 24.0 Å². The van der Waals surface area contributed by atoms with E-state index in [9.17, 15) is 49.2 Å². The fourth-order valence-corrected chi connectivity index (χ4v) is 15.9. The number of nitrogens with two attached hydrogens (primary N) is 1. The van der Waals surface area contributed by atoms with Crippen LogP contribution in [0.2, 0.25) is 5.02 Å². The number of amides is 4. The number of carbonyl (C=O) groups excluding carboxylic acids is 5. The van der Waals surface area contributed by atoms with Gasteiger partial charge in [-0.3, -0.25) is 29.9 Å². The summed E-state index contributed by atoms with van der Waals surface area (Å²) in [7, 11) is 8.59. The fraction of sp³-hybridized carbons (Fsp3) is 0.537. The first kappa shape index (κ1) is 72.2. The zero-order valence-electron chi connectivity index (χ0n) is 55.7. The van der Waals surface area contributed by atoms with Crippen molar-refractivity contribution in [3.05, 3.63) is 105 Å². The number of ether oxygens (including phenoxy) is 5.